The molecule has 29 heavy (non-hydrogen) atoms. The number of aliphatic hydroxyl groups is 1. The molecule has 0 heterocycles. The zero-order chi connectivity index (χ0) is 20.8. The normalized spacial score (nSPS) is 40.8. The van der Waals surface area contributed by atoms with Crippen molar-refractivity contribution < 1.29 is 5.11 Å². The molecule has 4 aliphatic carbocycles. The number of rotatable bonds is 6. The third kappa shape index (κ3) is 3.50. The lowest BCUT2D eigenvalue weighted by Gasteiger charge is -2.54. The van der Waals surface area contributed by atoms with Gasteiger partial charge < -0.3 is 5.11 Å². The van der Waals surface area contributed by atoms with E-state index in [0.29, 0.717) is 16.7 Å². The SMILES string of the molecule is C=C(CO)[C@@H](C)CC[C@@H](C)[C@H]1CC[C@H]2C3=CC=C4CCCC[C@]4(C)[C@H]3CC[C@]12C. The van der Waals surface area contributed by atoms with Gasteiger partial charge in [-0.2, -0.15) is 0 Å². The van der Waals surface area contributed by atoms with Crippen molar-refractivity contribution in [3.8, 4) is 0 Å². The third-order valence-corrected chi connectivity index (χ3v) is 10.2. The van der Waals surface area contributed by atoms with Gasteiger partial charge in [0.2, 0.25) is 0 Å². The summed E-state index contributed by atoms with van der Waals surface area (Å²) in [6.45, 7) is 14.2. The van der Waals surface area contributed by atoms with Gasteiger partial charge in [-0.15, -0.1) is 0 Å². The van der Waals surface area contributed by atoms with Crippen LogP contribution in [0.25, 0.3) is 0 Å². The van der Waals surface area contributed by atoms with Crippen LogP contribution in [0, 0.1) is 40.4 Å². The largest absolute Gasteiger partial charge is 0.392 e. The summed E-state index contributed by atoms with van der Waals surface area (Å²) in [6.07, 6.45) is 18.8. The first kappa shape index (κ1) is 21.4. The van der Waals surface area contributed by atoms with Crippen molar-refractivity contribution in [2.24, 2.45) is 40.4 Å². The van der Waals surface area contributed by atoms with Crippen molar-refractivity contribution in [2.75, 3.05) is 6.61 Å². The van der Waals surface area contributed by atoms with E-state index in [4.69, 9.17) is 0 Å². The number of allylic oxidation sites excluding steroid dienone is 4. The van der Waals surface area contributed by atoms with E-state index in [1.165, 1.54) is 64.2 Å². The Bertz CT molecular complexity index is 699. The molecule has 4 aliphatic rings. The van der Waals surface area contributed by atoms with Gasteiger partial charge in [-0.25, -0.2) is 0 Å². The first-order valence-corrected chi connectivity index (χ1v) is 12.5. The van der Waals surface area contributed by atoms with E-state index < -0.39 is 0 Å². The van der Waals surface area contributed by atoms with Crippen LogP contribution in [-0.2, 0) is 0 Å². The van der Waals surface area contributed by atoms with Crippen LogP contribution in [0.1, 0.15) is 91.9 Å². The predicted molar refractivity (Wildman–Crippen MR) is 124 cm³/mol. The maximum absolute atomic E-state index is 9.38. The van der Waals surface area contributed by atoms with Gasteiger partial charge in [0.05, 0.1) is 6.61 Å². The van der Waals surface area contributed by atoms with Gasteiger partial charge >= 0.3 is 0 Å². The summed E-state index contributed by atoms with van der Waals surface area (Å²) >= 11 is 0. The van der Waals surface area contributed by atoms with E-state index in [1.54, 1.807) is 5.57 Å². The minimum absolute atomic E-state index is 0.141. The van der Waals surface area contributed by atoms with Crippen molar-refractivity contribution in [1.82, 2.24) is 0 Å². The molecule has 0 bridgehead atoms. The molecule has 0 amide bonds. The molecule has 3 saturated carbocycles. The van der Waals surface area contributed by atoms with Gasteiger partial charge in [0.15, 0.2) is 0 Å². The first-order valence-electron chi connectivity index (χ1n) is 12.5. The average molecular weight is 397 g/mol. The van der Waals surface area contributed by atoms with Crippen LogP contribution in [0.15, 0.2) is 35.5 Å². The number of aliphatic hydroxyl groups excluding tert-OH is 1. The summed E-state index contributed by atoms with van der Waals surface area (Å²) < 4.78 is 0. The topological polar surface area (TPSA) is 20.2 Å². The van der Waals surface area contributed by atoms with Crippen LogP contribution >= 0.6 is 0 Å². The highest BCUT2D eigenvalue weighted by Gasteiger charge is 2.56. The Morgan fingerprint density at radius 3 is 2.62 bits per heavy atom. The Kier molecular flexibility index (Phi) is 5.93. The summed E-state index contributed by atoms with van der Waals surface area (Å²) in [5.74, 6) is 3.71. The molecule has 0 unspecified atom stereocenters. The monoisotopic (exact) mass is 396 g/mol. The maximum atomic E-state index is 9.38. The smallest absolute Gasteiger partial charge is 0.0641 e. The molecule has 7 atom stereocenters. The Morgan fingerprint density at radius 2 is 1.86 bits per heavy atom. The average Bonchev–Trinajstić information content (AvgIpc) is 3.08. The Morgan fingerprint density at radius 1 is 1.07 bits per heavy atom. The fraction of sp³-hybridized carbons (Fsp3) is 0.786. The van der Waals surface area contributed by atoms with Crippen molar-refractivity contribution in [3.63, 3.8) is 0 Å². The predicted octanol–water partition coefficient (Wildman–Crippen LogP) is 7.48. The van der Waals surface area contributed by atoms with Gasteiger partial charge in [0, 0.05) is 0 Å². The zero-order valence-corrected chi connectivity index (χ0v) is 19.5. The summed E-state index contributed by atoms with van der Waals surface area (Å²) in [6, 6.07) is 0. The highest BCUT2D eigenvalue weighted by Crippen LogP contribution is 2.66. The Balaban J connectivity index is 1.50. The minimum atomic E-state index is 0.141. The number of hydrogen-bond acceptors (Lipinski definition) is 1. The van der Waals surface area contributed by atoms with Crippen LogP contribution in [0.2, 0.25) is 0 Å². The van der Waals surface area contributed by atoms with Crippen molar-refractivity contribution in [2.45, 2.75) is 91.9 Å². The standard InChI is InChI=1S/C28H44O/c1-19(21(3)18-29)9-10-20(2)24-13-14-25-23-12-11-22-8-6-7-16-27(22,4)26(23)15-17-28(24,25)5/h11-12,19-20,24-26,29H,3,6-10,13-18H2,1-2,4-5H3/t19-,20+,24+,25-,26-,27-,28+/m0/s1. The van der Waals surface area contributed by atoms with Gasteiger partial charge in [0.25, 0.3) is 0 Å². The van der Waals surface area contributed by atoms with E-state index >= 15 is 0 Å². The third-order valence-electron chi connectivity index (χ3n) is 10.2. The van der Waals surface area contributed by atoms with Gasteiger partial charge in [0.1, 0.15) is 0 Å². The van der Waals surface area contributed by atoms with Crippen LogP contribution in [0.5, 0.6) is 0 Å². The highest BCUT2D eigenvalue weighted by molar-refractivity contribution is 5.38. The van der Waals surface area contributed by atoms with Crippen LogP contribution in [0.3, 0.4) is 0 Å². The van der Waals surface area contributed by atoms with E-state index in [0.717, 1.165) is 29.2 Å². The second-order valence-electron chi connectivity index (χ2n) is 11.6. The molecule has 0 aliphatic heterocycles. The fourth-order valence-corrected chi connectivity index (χ4v) is 8.09. The molecular weight excluding hydrogens is 352 g/mol. The van der Waals surface area contributed by atoms with Crippen LogP contribution in [-0.4, -0.2) is 11.7 Å². The molecule has 0 spiro atoms. The molecule has 0 saturated heterocycles. The molecular formula is C28H44O. The summed E-state index contributed by atoms with van der Waals surface area (Å²) in [7, 11) is 0. The molecule has 4 rings (SSSR count). The summed E-state index contributed by atoms with van der Waals surface area (Å²) in [5, 5.41) is 9.38. The Hall–Kier alpha value is -0.820. The summed E-state index contributed by atoms with van der Waals surface area (Å²) in [5.41, 5.74) is 5.57. The number of fused-ring (bicyclic) bond motifs is 5. The quantitative estimate of drug-likeness (QED) is 0.461. The van der Waals surface area contributed by atoms with Crippen molar-refractivity contribution in [3.05, 3.63) is 35.5 Å². The van der Waals surface area contributed by atoms with E-state index in [-0.39, 0.29) is 6.61 Å². The van der Waals surface area contributed by atoms with E-state index in [1.807, 2.05) is 5.57 Å². The molecule has 0 aromatic carbocycles. The molecule has 162 valence electrons. The summed E-state index contributed by atoms with van der Waals surface area (Å²) in [4.78, 5) is 0. The van der Waals surface area contributed by atoms with E-state index in [2.05, 4.69) is 46.4 Å². The molecule has 3 fully saturated rings. The van der Waals surface area contributed by atoms with Gasteiger partial charge in [-0.3, -0.25) is 0 Å². The van der Waals surface area contributed by atoms with Crippen LogP contribution < -0.4 is 0 Å². The zero-order valence-electron chi connectivity index (χ0n) is 19.5. The lowest BCUT2D eigenvalue weighted by atomic mass is 9.50. The molecule has 1 nitrogen and oxygen atoms in total. The fourth-order valence-electron chi connectivity index (χ4n) is 8.09. The molecule has 0 radical (unpaired) electrons. The van der Waals surface area contributed by atoms with Crippen molar-refractivity contribution >= 4 is 0 Å². The minimum Gasteiger partial charge on any atom is -0.392 e. The highest BCUT2D eigenvalue weighted by atomic mass is 16.3. The van der Waals surface area contributed by atoms with Gasteiger partial charge in [-0.1, -0.05) is 64.0 Å². The van der Waals surface area contributed by atoms with Crippen LogP contribution in [0.4, 0.5) is 0 Å². The lowest BCUT2D eigenvalue weighted by Crippen LogP contribution is -2.45. The second kappa shape index (κ2) is 8.03. The van der Waals surface area contributed by atoms with Gasteiger partial charge in [-0.05, 0) is 104 Å². The second-order valence-corrected chi connectivity index (χ2v) is 11.6. The molecule has 1 N–H and O–H groups in total. The van der Waals surface area contributed by atoms with Crippen molar-refractivity contribution in [1.29, 1.82) is 0 Å². The molecule has 1 heteroatoms. The lowest BCUT2D eigenvalue weighted by molar-refractivity contribution is 0.0473. The molecule has 0 aromatic rings. The molecule has 0 aromatic heterocycles. The van der Waals surface area contributed by atoms with E-state index in [9.17, 15) is 5.11 Å². The first-order chi connectivity index (χ1) is 13.8. The maximum Gasteiger partial charge on any atom is 0.0641 e. The number of hydrogen-bond donors (Lipinski definition) is 1. The Labute approximate surface area is 179 Å².